The lowest BCUT2D eigenvalue weighted by atomic mass is 10.1. The second-order valence-electron chi connectivity index (χ2n) is 9.47. The lowest BCUT2D eigenvalue weighted by Crippen LogP contribution is -2.21. The molecule has 0 aliphatic rings. The number of benzene rings is 3. The summed E-state index contributed by atoms with van der Waals surface area (Å²) in [7, 11) is 0. The van der Waals surface area contributed by atoms with E-state index in [4.69, 9.17) is 0 Å². The minimum atomic E-state index is 0.196. The Labute approximate surface area is 219 Å². The van der Waals surface area contributed by atoms with E-state index in [1.807, 2.05) is 12.3 Å². The quantitative estimate of drug-likeness (QED) is 0.139. The Balaban J connectivity index is 1.08. The molecule has 5 rings (SSSR count). The Morgan fingerprint density at radius 2 is 1.57 bits per heavy atom. The number of H-pyrrole nitrogens is 1. The largest absolute Gasteiger partial charge is 0.385 e. The molecule has 0 saturated heterocycles. The molecule has 0 fully saturated rings. The van der Waals surface area contributed by atoms with Crippen LogP contribution in [0.5, 0.6) is 0 Å². The standard InChI is InChI=1S/C32H35N5/c1-24(33-19-7-10-25-8-3-2-4-9-25)32-22-29(18-21-35-32)37-28-15-13-27(14-16-28)34-20-17-26-23-36-31-12-6-5-11-30(26)31/h2-6,8-9,11-16,18,21-24,33-34,36H,7,10,17,19-20H2,1H3,(H,35,37)/t24-/m1/s1. The fourth-order valence-electron chi connectivity index (χ4n) is 4.64. The SMILES string of the molecule is C[C@@H](NCCCc1ccccc1)c1cc(Nc2ccc(NCCc3c[nH]c4ccccc34)cc2)ccn1. The van der Waals surface area contributed by atoms with Gasteiger partial charge >= 0.3 is 0 Å². The van der Waals surface area contributed by atoms with Gasteiger partial charge in [-0.3, -0.25) is 4.98 Å². The highest BCUT2D eigenvalue weighted by Crippen LogP contribution is 2.22. The minimum absolute atomic E-state index is 0.196. The van der Waals surface area contributed by atoms with Crippen LogP contribution in [0.15, 0.2) is 103 Å². The predicted molar refractivity (Wildman–Crippen MR) is 156 cm³/mol. The summed E-state index contributed by atoms with van der Waals surface area (Å²) in [5.74, 6) is 0. The van der Waals surface area contributed by atoms with Gasteiger partial charge in [0.25, 0.3) is 0 Å². The topological polar surface area (TPSA) is 64.8 Å². The van der Waals surface area contributed by atoms with Crippen molar-refractivity contribution in [2.24, 2.45) is 0 Å². The summed E-state index contributed by atoms with van der Waals surface area (Å²) in [5.41, 5.74) is 8.19. The third-order valence-electron chi connectivity index (χ3n) is 6.73. The number of hydrogen-bond acceptors (Lipinski definition) is 4. The van der Waals surface area contributed by atoms with Crippen LogP contribution in [0.25, 0.3) is 10.9 Å². The Kier molecular flexibility index (Phi) is 8.14. The van der Waals surface area contributed by atoms with E-state index in [0.29, 0.717) is 0 Å². The molecule has 4 N–H and O–H groups in total. The van der Waals surface area contributed by atoms with E-state index in [1.54, 1.807) is 0 Å². The molecule has 0 amide bonds. The number of hydrogen-bond donors (Lipinski definition) is 4. The van der Waals surface area contributed by atoms with E-state index in [9.17, 15) is 0 Å². The van der Waals surface area contributed by atoms with Crippen molar-refractivity contribution in [2.75, 3.05) is 23.7 Å². The highest BCUT2D eigenvalue weighted by molar-refractivity contribution is 5.83. The number of anilines is 3. The second-order valence-corrected chi connectivity index (χ2v) is 9.47. The maximum Gasteiger partial charge on any atom is 0.0590 e. The van der Waals surface area contributed by atoms with Crippen LogP contribution in [-0.2, 0) is 12.8 Å². The lowest BCUT2D eigenvalue weighted by molar-refractivity contribution is 0.547. The van der Waals surface area contributed by atoms with Gasteiger partial charge in [-0.15, -0.1) is 0 Å². The number of nitrogens with zero attached hydrogens (tertiary/aromatic N) is 1. The monoisotopic (exact) mass is 489 g/mol. The van der Waals surface area contributed by atoms with Crippen molar-refractivity contribution in [3.63, 3.8) is 0 Å². The molecular weight excluding hydrogens is 454 g/mol. The first-order valence-electron chi connectivity index (χ1n) is 13.1. The molecule has 5 heteroatoms. The first-order chi connectivity index (χ1) is 18.2. The van der Waals surface area contributed by atoms with Gasteiger partial charge in [0.05, 0.1) is 5.69 Å². The van der Waals surface area contributed by atoms with E-state index in [1.165, 1.54) is 22.0 Å². The van der Waals surface area contributed by atoms with Crippen molar-refractivity contribution in [3.05, 3.63) is 120 Å². The summed E-state index contributed by atoms with van der Waals surface area (Å²) >= 11 is 0. The number of aromatic amines is 1. The van der Waals surface area contributed by atoms with Crippen LogP contribution in [0.4, 0.5) is 17.1 Å². The first-order valence-corrected chi connectivity index (χ1v) is 13.1. The maximum atomic E-state index is 4.59. The zero-order valence-electron chi connectivity index (χ0n) is 21.4. The summed E-state index contributed by atoms with van der Waals surface area (Å²) in [5, 5.41) is 12.0. The van der Waals surface area contributed by atoms with Gasteiger partial charge in [-0.2, -0.15) is 0 Å². The Bertz CT molecular complexity index is 1390. The predicted octanol–water partition coefficient (Wildman–Crippen LogP) is 7.24. The fourth-order valence-corrected chi connectivity index (χ4v) is 4.64. The Morgan fingerprint density at radius 3 is 2.43 bits per heavy atom. The van der Waals surface area contributed by atoms with Gasteiger partial charge in [0, 0.05) is 52.9 Å². The summed E-state index contributed by atoms with van der Waals surface area (Å²) in [6, 6.07) is 31.9. The number of para-hydroxylation sites is 1. The van der Waals surface area contributed by atoms with Crippen LogP contribution >= 0.6 is 0 Å². The van der Waals surface area contributed by atoms with Crippen molar-refractivity contribution in [1.29, 1.82) is 0 Å². The van der Waals surface area contributed by atoms with Crippen molar-refractivity contribution in [3.8, 4) is 0 Å². The molecule has 0 radical (unpaired) electrons. The van der Waals surface area contributed by atoms with Gasteiger partial charge in [-0.1, -0.05) is 48.5 Å². The van der Waals surface area contributed by atoms with Gasteiger partial charge in [0.2, 0.25) is 0 Å². The average Bonchev–Trinajstić information content (AvgIpc) is 3.36. The highest BCUT2D eigenvalue weighted by atomic mass is 14.9. The van der Waals surface area contributed by atoms with Gasteiger partial charge in [0.15, 0.2) is 0 Å². The van der Waals surface area contributed by atoms with E-state index >= 15 is 0 Å². The Morgan fingerprint density at radius 1 is 0.784 bits per heavy atom. The van der Waals surface area contributed by atoms with Crippen molar-refractivity contribution in [1.82, 2.24) is 15.3 Å². The second kappa shape index (κ2) is 12.2. The third-order valence-corrected chi connectivity index (χ3v) is 6.73. The minimum Gasteiger partial charge on any atom is -0.385 e. The molecule has 3 aromatic carbocycles. The highest BCUT2D eigenvalue weighted by Gasteiger charge is 2.08. The summed E-state index contributed by atoms with van der Waals surface area (Å²) in [6.45, 7) is 4.02. The van der Waals surface area contributed by atoms with E-state index in [2.05, 4.69) is 124 Å². The molecule has 0 bridgehead atoms. The molecule has 1 atom stereocenters. The molecule has 5 aromatic rings. The molecule has 0 aliphatic carbocycles. The molecule has 5 nitrogen and oxygen atoms in total. The zero-order chi connectivity index (χ0) is 25.3. The Hall–Kier alpha value is -4.09. The van der Waals surface area contributed by atoms with Crippen LogP contribution in [0, 0.1) is 0 Å². The van der Waals surface area contributed by atoms with E-state index < -0.39 is 0 Å². The maximum absolute atomic E-state index is 4.59. The number of fused-ring (bicyclic) bond motifs is 1. The van der Waals surface area contributed by atoms with Crippen molar-refractivity contribution < 1.29 is 0 Å². The molecule has 0 aliphatic heterocycles. The molecule has 0 saturated carbocycles. The molecule has 0 spiro atoms. The summed E-state index contributed by atoms with van der Waals surface area (Å²) in [4.78, 5) is 7.94. The van der Waals surface area contributed by atoms with Crippen LogP contribution in [0.1, 0.15) is 36.2 Å². The average molecular weight is 490 g/mol. The van der Waals surface area contributed by atoms with Gasteiger partial charge < -0.3 is 20.9 Å². The lowest BCUT2D eigenvalue weighted by Gasteiger charge is -2.15. The molecule has 2 aromatic heterocycles. The van der Waals surface area contributed by atoms with Crippen LogP contribution < -0.4 is 16.0 Å². The number of rotatable bonds is 12. The zero-order valence-corrected chi connectivity index (χ0v) is 21.4. The van der Waals surface area contributed by atoms with Gasteiger partial charge in [-0.25, -0.2) is 0 Å². The smallest absolute Gasteiger partial charge is 0.0590 e. The molecule has 2 heterocycles. The molecule has 188 valence electrons. The van der Waals surface area contributed by atoms with Gasteiger partial charge in [-0.05, 0) is 86.3 Å². The van der Waals surface area contributed by atoms with E-state index in [-0.39, 0.29) is 6.04 Å². The first kappa shape index (κ1) is 24.6. The van der Waals surface area contributed by atoms with Crippen LogP contribution in [-0.4, -0.2) is 23.1 Å². The van der Waals surface area contributed by atoms with E-state index in [0.717, 1.165) is 55.1 Å². The summed E-state index contributed by atoms with van der Waals surface area (Å²) < 4.78 is 0. The van der Waals surface area contributed by atoms with Crippen molar-refractivity contribution >= 4 is 28.0 Å². The van der Waals surface area contributed by atoms with Crippen LogP contribution in [0.3, 0.4) is 0 Å². The van der Waals surface area contributed by atoms with Crippen LogP contribution in [0.2, 0.25) is 0 Å². The third kappa shape index (κ3) is 6.78. The molecular formula is C32H35N5. The fraction of sp³-hybridized carbons (Fsp3) is 0.219. The van der Waals surface area contributed by atoms with Gasteiger partial charge in [0.1, 0.15) is 0 Å². The number of aryl methyl sites for hydroxylation is 1. The summed E-state index contributed by atoms with van der Waals surface area (Å²) in [6.07, 6.45) is 7.16. The molecule has 0 unspecified atom stereocenters. The molecule has 37 heavy (non-hydrogen) atoms. The normalized spacial score (nSPS) is 11.9. The number of aromatic nitrogens is 2. The number of pyridine rings is 1. The number of nitrogens with one attached hydrogen (secondary N) is 4. The van der Waals surface area contributed by atoms with Crippen molar-refractivity contribution in [2.45, 2.75) is 32.2 Å².